The average Bonchev–Trinajstić information content (AvgIpc) is 2.70. The summed E-state index contributed by atoms with van der Waals surface area (Å²) in [6, 6.07) is 0. The molecule has 0 aliphatic carbocycles. The van der Waals surface area contributed by atoms with E-state index < -0.39 is 0 Å². The van der Waals surface area contributed by atoms with Crippen molar-refractivity contribution in [3.8, 4) is 0 Å². The first-order valence-corrected chi connectivity index (χ1v) is 6.04. The molecule has 5 nitrogen and oxygen atoms in total. The van der Waals surface area contributed by atoms with Crippen molar-refractivity contribution in [1.82, 2.24) is 25.2 Å². The van der Waals surface area contributed by atoms with Gasteiger partial charge in [0, 0.05) is 19.8 Å². The van der Waals surface area contributed by atoms with E-state index in [2.05, 4.69) is 34.4 Å². The van der Waals surface area contributed by atoms with E-state index in [1.54, 1.807) is 4.68 Å². The van der Waals surface area contributed by atoms with Crippen molar-refractivity contribution in [1.29, 1.82) is 0 Å². The fraction of sp³-hybridized carbons (Fsp3) is 0.818. The Balaban J connectivity index is 2.04. The van der Waals surface area contributed by atoms with Gasteiger partial charge in [-0.2, -0.15) is 0 Å². The molecule has 5 heteroatoms. The molecule has 0 fully saturated rings. The van der Waals surface area contributed by atoms with Crippen LogP contribution < -0.4 is 5.32 Å². The molecule has 0 unspecified atom stereocenters. The molecule has 0 saturated carbocycles. The summed E-state index contributed by atoms with van der Waals surface area (Å²) in [6.07, 6.45) is 3.12. The Morgan fingerprint density at radius 1 is 1.38 bits per heavy atom. The lowest BCUT2D eigenvalue weighted by atomic mass is 10.3. The summed E-state index contributed by atoms with van der Waals surface area (Å²) in [5.41, 5.74) is 1.00. The zero-order valence-electron chi connectivity index (χ0n) is 10.6. The van der Waals surface area contributed by atoms with Crippen LogP contribution in [0.5, 0.6) is 0 Å². The second-order valence-electron chi connectivity index (χ2n) is 3.94. The predicted molar refractivity (Wildman–Crippen MR) is 65.1 cm³/mol. The molecule has 92 valence electrons. The maximum atomic E-state index is 4.02. The zero-order chi connectivity index (χ0) is 11.8. The van der Waals surface area contributed by atoms with E-state index in [0.717, 1.165) is 31.9 Å². The molecule has 0 aliphatic heterocycles. The molecule has 1 aromatic heterocycles. The van der Waals surface area contributed by atoms with E-state index in [1.165, 1.54) is 13.0 Å². The second-order valence-corrected chi connectivity index (χ2v) is 3.94. The van der Waals surface area contributed by atoms with Crippen LogP contribution in [0.1, 0.15) is 26.0 Å². The summed E-state index contributed by atoms with van der Waals surface area (Å²) < 4.78 is 1.73. The Kier molecular flexibility index (Phi) is 6.03. The van der Waals surface area contributed by atoms with E-state index in [0.29, 0.717) is 0 Å². The van der Waals surface area contributed by atoms with Gasteiger partial charge < -0.3 is 10.2 Å². The smallest absolute Gasteiger partial charge is 0.0964 e. The van der Waals surface area contributed by atoms with Gasteiger partial charge in [0.2, 0.25) is 0 Å². The van der Waals surface area contributed by atoms with Crippen molar-refractivity contribution >= 4 is 0 Å². The highest BCUT2D eigenvalue weighted by Gasteiger charge is 1.99. The molecule has 0 atom stereocenters. The van der Waals surface area contributed by atoms with Crippen LogP contribution in [0.4, 0.5) is 0 Å². The van der Waals surface area contributed by atoms with E-state index in [9.17, 15) is 0 Å². The van der Waals surface area contributed by atoms with Crippen molar-refractivity contribution in [3.63, 3.8) is 0 Å². The van der Waals surface area contributed by atoms with Crippen LogP contribution in [-0.4, -0.2) is 46.1 Å². The highest BCUT2D eigenvalue weighted by Crippen LogP contribution is 1.92. The lowest BCUT2D eigenvalue weighted by Gasteiger charge is -2.17. The van der Waals surface area contributed by atoms with E-state index in [-0.39, 0.29) is 0 Å². The molecule has 0 amide bonds. The van der Waals surface area contributed by atoms with E-state index in [4.69, 9.17) is 0 Å². The first-order chi connectivity index (χ1) is 7.76. The van der Waals surface area contributed by atoms with Gasteiger partial charge in [-0.05, 0) is 32.6 Å². The second kappa shape index (κ2) is 7.35. The van der Waals surface area contributed by atoms with Crippen molar-refractivity contribution in [2.24, 2.45) is 7.05 Å². The van der Waals surface area contributed by atoms with E-state index in [1.807, 2.05) is 13.2 Å². The molecular weight excluding hydrogens is 202 g/mol. The zero-order valence-corrected chi connectivity index (χ0v) is 10.6. The lowest BCUT2D eigenvalue weighted by Crippen LogP contribution is -2.27. The molecule has 16 heavy (non-hydrogen) atoms. The largest absolute Gasteiger partial charge is 0.311 e. The molecular formula is C11H23N5. The molecule has 0 radical (unpaired) electrons. The highest BCUT2D eigenvalue weighted by atomic mass is 15.4. The topological polar surface area (TPSA) is 46.0 Å². The third kappa shape index (κ3) is 4.72. The standard InChI is InChI=1S/C11H23N5/c1-4-16(5-2)8-6-7-12-9-11-10-15(3)14-13-11/h10,12H,4-9H2,1-3H3. The van der Waals surface area contributed by atoms with Gasteiger partial charge in [0.1, 0.15) is 0 Å². The minimum Gasteiger partial charge on any atom is -0.311 e. The van der Waals surface area contributed by atoms with Crippen molar-refractivity contribution in [2.75, 3.05) is 26.2 Å². The summed E-state index contributed by atoms with van der Waals surface area (Å²) >= 11 is 0. The fourth-order valence-corrected chi connectivity index (χ4v) is 1.66. The molecule has 1 aromatic rings. The van der Waals surface area contributed by atoms with Crippen molar-refractivity contribution in [2.45, 2.75) is 26.8 Å². The normalized spacial score (nSPS) is 11.2. The van der Waals surface area contributed by atoms with Gasteiger partial charge in [-0.3, -0.25) is 4.68 Å². The van der Waals surface area contributed by atoms with Crippen LogP contribution in [0.15, 0.2) is 6.20 Å². The van der Waals surface area contributed by atoms with Gasteiger partial charge in [-0.1, -0.05) is 19.1 Å². The van der Waals surface area contributed by atoms with Gasteiger partial charge in [0.25, 0.3) is 0 Å². The van der Waals surface area contributed by atoms with Crippen molar-refractivity contribution in [3.05, 3.63) is 11.9 Å². The SMILES string of the molecule is CCN(CC)CCCNCc1cn(C)nn1. The van der Waals surface area contributed by atoms with Crippen LogP contribution in [0, 0.1) is 0 Å². The Labute approximate surface area is 97.8 Å². The summed E-state index contributed by atoms with van der Waals surface area (Å²) in [7, 11) is 1.89. The van der Waals surface area contributed by atoms with Gasteiger partial charge in [-0.25, -0.2) is 0 Å². The van der Waals surface area contributed by atoms with Gasteiger partial charge in [0.15, 0.2) is 0 Å². The first kappa shape index (κ1) is 13.1. The predicted octanol–water partition coefficient (Wildman–Crippen LogP) is 0.637. The molecule has 0 saturated heterocycles. The third-order valence-corrected chi connectivity index (χ3v) is 2.68. The maximum Gasteiger partial charge on any atom is 0.0964 e. The lowest BCUT2D eigenvalue weighted by molar-refractivity contribution is 0.298. The number of rotatable bonds is 8. The van der Waals surface area contributed by atoms with Crippen molar-refractivity contribution < 1.29 is 0 Å². The number of nitrogens with one attached hydrogen (secondary N) is 1. The monoisotopic (exact) mass is 225 g/mol. The van der Waals surface area contributed by atoms with Crippen LogP contribution in [0.2, 0.25) is 0 Å². The summed E-state index contributed by atoms with van der Waals surface area (Å²) in [4.78, 5) is 2.43. The number of aryl methyl sites for hydroxylation is 1. The van der Waals surface area contributed by atoms with Crippen LogP contribution in [0.25, 0.3) is 0 Å². The minimum atomic E-state index is 0.812. The fourth-order valence-electron chi connectivity index (χ4n) is 1.66. The van der Waals surface area contributed by atoms with Crippen LogP contribution in [-0.2, 0) is 13.6 Å². The Bertz CT molecular complexity index is 280. The Morgan fingerprint density at radius 2 is 2.12 bits per heavy atom. The minimum absolute atomic E-state index is 0.812. The molecule has 1 rings (SSSR count). The molecule has 0 spiro atoms. The quantitative estimate of drug-likeness (QED) is 0.659. The number of hydrogen-bond donors (Lipinski definition) is 1. The number of aromatic nitrogens is 3. The number of hydrogen-bond acceptors (Lipinski definition) is 4. The van der Waals surface area contributed by atoms with Gasteiger partial charge >= 0.3 is 0 Å². The first-order valence-electron chi connectivity index (χ1n) is 6.04. The molecule has 0 bridgehead atoms. The van der Waals surface area contributed by atoms with Crippen LogP contribution in [0.3, 0.4) is 0 Å². The molecule has 0 aliphatic rings. The Morgan fingerprint density at radius 3 is 2.69 bits per heavy atom. The molecule has 1 N–H and O–H groups in total. The summed E-state index contributed by atoms with van der Waals surface area (Å²) in [5, 5.41) is 11.3. The molecule has 0 aromatic carbocycles. The van der Waals surface area contributed by atoms with Gasteiger partial charge in [-0.15, -0.1) is 5.10 Å². The third-order valence-electron chi connectivity index (χ3n) is 2.68. The average molecular weight is 225 g/mol. The summed E-state index contributed by atoms with van der Waals surface area (Å²) in [6.45, 7) is 9.70. The van der Waals surface area contributed by atoms with Crippen LogP contribution >= 0.6 is 0 Å². The summed E-state index contributed by atoms with van der Waals surface area (Å²) in [5.74, 6) is 0. The number of nitrogens with zero attached hydrogens (tertiary/aromatic N) is 4. The molecule has 1 heterocycles. The maximum absolute atomic E-state index is 4.02. The Hall–Kier alpha value is -0.940. The van der Waals surface area contributed by atoms with Gasteiger partial charge in [0.05, 0.1) is 5.69 Å². The highest BCUT2D eigenvalue weighted by molar-refractivity contribution is 4.90. The van der Waals surface area contributed by atoms with E-state index >= 15 is 0 Å².